The molecule has 1 aromatic rings. The van der Waals surface area contributed by atoms with Gasteiger partial charge in [0.05, 0.1) is 0 Å². The maximum Gasteiger partial charge on any atom is 0.317 e. The number of carbonyl (C=O) groups excluding carboxylic acids is 2. The van der Waals surface area contributed by atoms with Crippen molar-refractivity contribution < 1.29 is 9.59 Å². The summed E-state index contributed by atoms with van der Waals surface area (Å²) in [4.78, 5) is 28.2. The molecule has 2 rings (SSSR count). The lowest BCUT2D eigenvalue weighted by atomic mass is 10.1. The Kier molecular flexibility index (Phi) is 6.64. The molecule has 0 radical (unpaired) electrons. The predicted octanol–water partition coefficient (Wildman–Crippen LogP) is 2.91. The van der Waals surface area contributed by atoms with Crippen LogP contribution in [0.1, 0.15) is 49.5 Å². The molecule has 1 N–H and O–H groups in total. The second kappa shape index (κ2) is 8.71. The Morgan fingerprint density at radius 3 is 2.17 bits per heavy atom. The third kappa shape index (κ3) is 4.98. The van der Waals surface area contributed by atoms with E-state index in [1.54, 1.807) is 4.90 Å². The highest BCUT2D eigenvalue weighted by Gasteiger charge is 2.24. The van der Waals surface area contributed by atoms with Crippen molar-refractivity contribution in [3.05, 3.63) is 35.4 Å². The molecule has 0 aliphatic carbocycles. The summed E-state index contributed by atoms with van der Waals surface area (Å²) in [7, 11) is 0. The number of rotatable bonds is 5. The molecule has 0 bridgehead atoms. The Morgan fingerprint density at radius 2 is 1.62 bits per heavy atom. The first-order valence-corrected chi connectivity index (χ1v) is 8.95. The number of hydrogen-bond acceptors (Lipinski definition) is 2. The van der Waals surface area contributed by atoms with E-state index in [0.29, 0.717) is 26.2 Å². The Morgan fingerprint density at radius 1 is 1.04 bits per heavy atom. The van der Waals surface area contributed by atoms with E-state index >= 15 is 0 Å². The summed E-state index contributed by atoms with van der Waals surface area (Å²) in [6.45, 7) is 8.41. The largest absolute Gasteiger partial charge is 0.336 e. The summed E-state index contributed by atoms with van der Waals surface area (Å²) < 4.78 is 0. The molecule has 0 aromatic heterocycles. The van der Waals surface area contributed by atoms with Crippen LogP contribution in [0.2, 0.25) is 0 Å². The second-order valence-electron chi connectivity index (χ2n) is 6.68. The lowest BCUT2D eigenvalue weighted by Gasteiger charge is -2.35. The maximum absolute atomic E-state index is 12.6. The summed E-state index contributed by atoms with van der Waals surface area (Å²) in [5, 5.41) is 2.89. The highest BCUT2D eigenvalue weighted by Crippen LogP contribution is 2.12. The molecule has 0 unspecified atom stereocenters. The number of aryl methyl sites for hydroxylation is 1. The summed E-state index contributed by atoms with van der Waals surface area (Å²) in [6.07, 6.45) is 3.41. The van der Waals surface area contributed by atoms with E-state index in [2.05, 4.69) is 24.4 Å². The zero-order valence-corrected chi connectivity index (χ0v) is 15.0. The number of hydrogen-bond donors (Lipinski definition) is 1. The number of piperazine rings is 1. The average molecular weight is 331 g/mol. The van der Waals surface area contributed by atoms with Gasteiger partial charge in [-0.3, -0.25) is 4.79 Å². The highest BCUT2D eigenvalue weighted by atomic mass is 16.2. The van der Waals surface area contributed by atoms with Crippen molar-refractivity contribution in [1.82, 2.24) is 15.1 Å². The number of amides is 3. The lowest BCUT2D eigenvalue weighted by molar-refractivity contribution is 0.0664. The van der Waals surface area contributed by atoms with Crippen LogP contribution in [0.5, 0.6) is 0 Å². The molecular formula is C19H29N3O2. The van der Waals surface area contributed by atoms with Crippen LogP contribution in [-0.2, 0) is 6.42 Å². The van der Waals surface area contributed by atoms with Crippen molar-refractivity contribution in [3.8, 4) is 0 Å². The normalized spacial score (nSPS) is 14.8. The molecule has 5 nitrogen and oxygen atoms in total. The van der Waals surface area contributed by atoms with Crippen LogP contribution in [0.25, 0.3) is 0 Å². The van der Waals surface area contributed by atoms with Crippen molar-refractivity contribution in [1.29, 1.82) is 0 Å². The van der Waals surface area contributed by atoms with Gasteiger partial charge in [-0.05, 0) is 44.4 Å². The van der Waals surface area contributed by atoms with E-state index in [9.17, 15) is 9.59 Å². The van der Waals surface area contributed by atoms with Crippen LogP contribution in [0.15, 0.2) is 24.3 Å². The van der Waals surface area contributed by atoms with E-state index in [-0.39, 0.29) is 18.0 Å². The van der Waals surface area contributed by atoms with Gasteiger partial charge in [0.15, 0.2) is 0 Å². The molecule has 1 heterocycles. The van der Waals surface area contributed by atoms with Crippen molar-refractivity contribution in [2.75, 3.05) is 26.2 Å². The Balaban J connectivity index is 1.87. The van der Waals surface area contributed by atoms with Gasteiger partial charge in [0.2, 0.25) is 0 Å². The van der Waals surface area contributed by atoms with E-state index in [1.165, 1.54) is 18.4 Å². The molecular weight excluding hydrogens is 302 g/mol. The van der Waals surface area contributed by atoms with Crippen molar-refractivity contribution in [3.63, 3.8) is 0 Å². The first kappa shape index (κ1) is 18.3. The van der Waals surface area contributed by atoms with Gasteiger partial charge in [0, 0.05) is 37.8 Å². The fourth-order valence-corrected chi connectivity index (χ4v) is 2.83. The van der Waals surface area contributed by atoms with Crippen LogP contribution >= 0.6 is 0 Å². The molecule has 1 aromatic carbocycles. The molecule has 0 atom stereocenters. The molecule has 24 heavy (non-hydrogen) atoms. The first-order chi connectivity index (χ1) is 11.5. The number of unbranched alkanes of at least 4 members (excludes halogenated alkanes) is 1. The van der Waals surface area contributed by atoms with E-state index < -0.39 is 0 Å². The number of urea groups is 1. The topological polar surface area (TPSA) is 52.7 Å². The van der Waals surface area contributed by atoms with Gasteiger partial charge < -0.3 is 15.1 Å². The Hall–Kier alpha value is -2.04. The SMILES string of the molecule is CCCCc1ccc(C(=O)N2CCN(C(=O)NC(C)C)CC2)cc1. The summed E-state index contributed by atoms with van der Waals surface area (Å²) >= 11 is 0. The van der Waals surface area contributed by atoms with Crippen LogP contribution in [0.4, 0.5) is 4.79 Å². The number of nitrogens with one attached hydrogen (secondary N) is 1. The van der Waals surface area contributed by atoms with Crippen molar-refractivity contribution in [2.45, 2.75) is 46.1 Å². The van der Waals surface area contributed by atoms with E-state index in [4.69, 9.17) is 0 Å². The smallest absolute Gasteiger partial charge is 0.317 e. The lowest BCUT2D eigenvalue weighted by Crippen LogP contribution is -2.54. The van der Waals surface area contributed by atoms with Crippen molar-refractivity contribution >= 4 is 11.9 Å². The van der Waals surface area contributed by atoms with Gasteiger partial charge in [-0.15, -0.1) is 0 Å². The quantitative estimate of drug-likeness (QED) is 0.902. The first-order valence-electron chi connectivity index (χ1n) is 8.95. The standard InChI is InChI=1S/C19H29N3O2/c1-4-5-6-16-7-9-17(10-8-16)18(23)21-11-13-22(14-12-21)19(24)20-15(2)3/h7-10,15H,4-6,11-14H2,1-3H3,(H,20,24). The predicted molar refractivity (Wildman–Crippen MR) is 96.2 cm³/mol. The zero-order valence-electron chi connectivity index (χ0n) is 15.0. The maximum atomic E-state index is 12.6. The monoisotopic (exact) mass is 331 g/mol. The molecule has 3 amide bonds. The van der Waals surface area contributed by atoms with Gasteiger partial charge in [0.1, 0.15) is 0 Å². The van der Waals surface area contributed by atoms with Crippen LogP contribution in [0, 0.1) is 0 Å². The third-order valence-electron chi connectivity index (χ3n) is 4.29. The van der Waals surface area contributed by atoms with Crippen LogP contribution in [-0.4, -0.2) is 54.0 Å². The van der Waals surface area contributed by atoms with E-state index in [0.717, 1.165) is 12.0 Å². The Labute approximate surface area is 145 Å². The fourth-order valence-electron chi connectivity index (χ4n) is 2.83. The van der Waals surface area contributed by atoms with E-state index in [1.807, 2.05) is 30.9 Å². The summed E-state index contributed by atoms with van der Waals surface area (Å²) in [5.41, 5.74) is 2.01. The number of nitrogens with zero attached hydrogens (tertiary/aromatic N) is 2. The van der Waals surface area contributed by atoms with Gasteiger partial charge >= 0.3 is 6.03 Å². The zero-order chi connectivity index (χ0) is 17.5. The molecule has 0 spiro atoms. The molecule has 1 fully saturated rings. The summed E-state index contributed by atoms with van der Waals surface area (Å²) in [5.74, 6) is 0.0564. The molecule has 1 aliphatic rings. The third-order valence-corrected chi connectivity index (χ3v) is 4.29. The second-order valence-corrected chi connectivity index (χ2v) is 6.68. The fraction of sp³-hybridized carbons (Fsp3) is 0.579. The number of benzene rings is 1. The van der Waals surface area contributed by atoms with Crippen LogP contribution < -0.4 is 5.32 Å². The molecule has 5 heteroatoms. The van der Waals surface area contributed by atoms with Gasteiger partial charge in [-0.25, -0.2) is 4.79 Å². The van der Waals surface area contributed by atoms with Crippen LogP contribution in [0.3, 0.4) is 0 Å². The molecule has 1 saturated heterocycles. The molecule has 132 valence electrons. The Bertz CT molecular complexity index is 546. The molecule has 1 aliphatic heterocycles. The van der Waals surface area contributed by atoms with Crippen molar-refractivity contribution in [2.24, 2.45) is 0 Å². The highest BCUT2D eigenvalue weighted by molar-refractivity contribution is 5.94. The minimum absolute atomic E-state index is 0.0441. The average Bonchev–Trinajstić information content (AvgIpc) is 2.59. The van der Waals surface area contributed by atoms with Gasteiger partial charge in [-0.1, -0.05) is 25.5 Å². The van der Waals surface area contributed by atoms with Gasteiger partial charge in [-0.2, -0.15) is 0 Å². The molecule has 0 saturated carbocycles. The minimum atomic E-state index is -0.0441. The van der Waals surface area contributed by atoms with Gasteiger partial charge in [0.25, 0.3) is 5.91 Å². The summed E-state index contributed by atoms with van der Waals surface area (Å²) in [6, 6.07) is 8.03. The number of carbonyl (C=O) groups is 2. The minimum Gasteiger partial charge on any atom is -0.336 e.